The molecule has 1 atom stereocenters. The van der Waals surface area contributed by atoms with Gasteiger partial charge in [-0.05, 0) is 42.2 Å². The van der Waals surface area contributed by atoms with Crippen molar-refractivity contribution in [3.8, 4) is 22.4 Å². The van der Waals surface area contributed by atoms with E-state index in [9.17, 15) is 0 Å². The van der Waals surface area contributed by atoms with Gasteiger partial charge in [-0.3, -0.25) is 0 Å². The average molecular weight is 397 g/mol. The number of hydrogen-bond donors (Lipinski definition) is 0. The zero-order valence-electron chi connectivity index (χ0n) is 18.8. The van der Waals surface area contributed by atoms with E-state index in [-0.39, 0.29) is 11.6 Å². The van der Waals surface area contributed by atoms with Crippen molar-refractivity contribution in [2.24, 2.45) is 7.05 Å². The summed E-state index contributed by atoms with van der Waals surface area (Å²) in [7, 11) is 4.36. The number of fused-ring (bicyclic) bond motifs is 3. The standard InChI is InChI=1S/C27H30N3/c1-18-11-7-8-12-20(18)24-17-22-21-13-9-10-14-23(21)27(3,4)25(22)26(29(24)6)30-16-15-28(5)19(30)2/h7-17,19H,1-6H3/q+1/t19-/m0/s1. The molecule has 1 aromatic heterocycles. The lowest BCUT2D eigenvalue weighted by Gasteiger charge is -2.28. The maximum absolute atomic E-state index is 2.42. The van der Waals surface area contributed by atoms with E-state index in [1.807, 2.05) is 0 Å². The van der Waals surface area contributed by atoms with Crippen LogP contribution in [0.4, 0.5) is 5.82 Å². The van der Waals surface area contributed by atoms with Crippen molar-refractivity contribution in [2.75, 3.05) is 11.9 Å². The average Bonchev–Trinajstić information content (AvgIpc) is 3.17. The molecule has 1 aliphatic heterocycles. The molecule has 0 fully saturated rings. The molecule has 5 rings (SSSR count). The van der Waals surface area contributed by atoms with Crippen LogP contribution in [0.3, 0.4) is 0 Å². The van der Waals surface area contributed by atoms with Crippen molar-refractivity contribution in [1.82, 2.24) is 4.90 Å². The molecule has 0 amide bonds. The van der Waals surface area contributed by atoms with E-state index in [0.717, 1.165) is 0 Å². The first-order chi connectivity index (χ1) is 14.3. The Morgan fingerprint density at radius 2 is 1.57 bits per heavy atom. The van der Waals surface area contributed by atoms with Gasteiger partial charge in [0, 0.05) is 24.2 Å². The fourth-order valence-electron chi connectivity index (χ4n) is 5.23. The predicted molar refractivity (Wildman–Crippen MR) is 124 cm³/mol. The Bertz CT molecular complexity index is 1190. The van der Waals surface area contributed by atoms with Gasteiger partial charge in [0.2, 0.25) is 0 Å². The summed E-state index contributed by atoms with van der Waals surface area (Å²) in [5.41, 5.74) is 9.32. The molecule has 1 aliphatic carbocycles. The van der Waals surface area contributed by atoms with Crippen molar-refractivity contribution in [3.05, 3.63) is 83.7 Å². The van der Waals surface area contributed by atoms with Crippen LogP contribution >= 0.6 is 0 Å². The normalized spacial score (nSPS) is 18.7. The maximum atomic E-state index is 2.42. The second kappa shape index (κ2) is 6.46. The van der Waals surface area contributed by atoms with Crippen LogP contribution in [-0.4, -0.2) is 18.1 Å². The molecule has 3 nitrogen and oxygen atoms in total. The van der Waals surface area contributed by atoms with E-state index in [1.54, 1.807) is 0 Å². The second-order valence-electron chi connectivity index (χ2n) is 9.19. The van der Waals surface area contributed by atoms with E-state index in [4.69, 9.17) is 0 Å². The first kappa shape index (κ1) is 18.9. The third-order valence-electron chi connectivity index (χ3n) is 7.09. The minimum Gasteiger partial charge on any atom is -0.339 e. The summed E-state index contributed by atoms with van der Waals surface area (Å²) >= 11 is 0. The largest absolute Gasteiger partial charge is 0.339 e. The van der Waals surface area contributed by atoms with Crippen LogP contribution in [0.15, 0.2) is 67.0 Å². The Hall–Kier alpha value is -3.07. The molecule has 2 aromatic carbocycles. The molecule has 152 valence electrons. The van der Waals surface area contributed by atoms with Gasteiger partial charge >= 0.3 is 0 Å². The van der Waals surface area contributed by atoms with Crippen LogP contribution in [0.1, 0.15) is 37.5 Å². The Morgan fingerprint density at radius 3 is 2.23 bits per heavy atom. The summed E-state index contributed by atoms with van der Waals surface area (Å²) < 4.78 is 2.40. The highest BCUT2D eigenvalue weighted by Gasteiger charge is 2.45. The van der Waals surface area contributed by atoms with Crippen LogP contribution in [0, 0.1) is 6.92 Å². The molecule has 0 saturated carbocycles. The number of rotatable bonds is 2. The quantitative estimate of drug-likeness (QED) is 0.540. The highest BCUT2D eigenvalue weighted by atomic mass is 15.4. The predicted octanol–water partition coefficient (Wildman–Crippen LogP) is 5.36. The minimum absolute atomic E-state index is 0.0575. The van der Waals surface area contributed by atoms with Crippen LogP contribution in [0.2, 0.25) is 0 Å². The molecule has 2 heterocycles. The SMILES string of the molecule is Cc1ccccc1-c1cc2c(c(N3C=CN(C)[C@@H]3C)[n+]1C)C(C)(C)c1ccccc1-2. The van der Waals surface area contributed by atoms with Crippen molar-refractivity contribution in [3.63, 3.8) is 0 Å². The van der Waals surface area contributed by atoms with Gasteiger partial charge in [-0.25, -0.2) is 9.47 Å². The lowest BCUT2D eigenvalue weighted by molar-refractivity contribution is -0.648. The van der Waals surface area contributed by atoms with Crippen molar-refractivity contribution in [1.29, 1.82) is 0 Å². The molecule has 0 unspecified atom stereocenters. The van der Waals surface area contributed by atoms with E-state index in [1.165, 1.54) is 44.9 Å². The maximum Gasteiger partial charge on any atom is 0.288 e. The number of hydrogen-bond acceptors (Lipinski definition) is 2. The first-order valence-electron chi connectivity index (χ1n) is 10.7. The smallest absolute Gasteiger partial charge is 0.288 e. The van der Waals surface area contributed by atoms with Gasteiger partial charge < -0.3 is 4.90 Å². The second-order valence-corrected chi connectivity index (χ2v) is 9.19. The summed E-state index contributed by atoms with van der Waals surface area (Å²) in [5.74, 6) is 1.28. The summed E-state index contributed by atoms with van der Waals surface area (Å²) in [6.45, 7) is 9.19. The molecule has 3 heteroatoms. The Balaban J connectivity index is 1.88. The van der Waals surface area contributed by atoms with Gasteiger partial charge in [0.1, 0.15) is 11.9 Å². The van der Waals surface area contributed by atoms with Crippen LogP contribution < -0.4 is 9.47 Å². The number of aromatic nitrogens is 1. The Kier molecular flexibility index (Phi) is 4.08. The highest BCUT2D eigenvalue weighted by molar-refractivity contribution is 5.86. The molecule has 2 aliphatic rings. The van der Waals surface area contributed by atoms with Crippen molar-refractivity contribution >= 4 is 5.82 Å². The molecular weight excluding hydrogens is 366 g/mol. The monoisotopic (exact) mass is 396 g/mol. The Morgan fingerprint density at radius 1 is 0.900 bits per heavy atom. The zero-order valence-corrected chi connectivity index (χ0v) is 18.8. The summed E-state index contributed by atoms with van der Waals surface area (Å²) in [6, 6.07) is 20.0. The third-order valence-corrected chi connectivity index (χ3v) is 7.09. The zero-order chi connectivity index (χ0) is 21.2. The van der Waals surface area contributed by atoms with E-state index in [0.29, 0.717) is 0 Å². The molecule has 0 spiro atoms. The molecule has 0 radical (unpaired) electrons. The number of benzene rings is 2. The molecule has 0 bridgehead atoms. The molecular formula is C27H30N3+. The van der Waals surface area contributed by atoms with E-state index >= 15 is 0 Å². The van der Waals surface area contributed by atoms with Gasteiger partial charge in [0.05, 0.1) is 12.6 Å². The summed E-state index contributed by atoms with van der Waals surface area (Å²) in [4.78, 5) is 4.69. The lowest BCUT2D eigenvalue weighted by Crippen LogP contribution is -2.46. The van der Waals surface area contributed by atoms with Crippen LogP contribution in [0.5, 0.6) is 0 Å². The van der Waals surface area contributed by atoms with Gasteiger partial charge in [-0.1, -0.05) is 62.4 Å². The summed E-state index contributed by atoms with van der Waals surface area (Å²) in [6.07, 6.45) is 4.67. The molecule has 3 aromatic rings. The fraction of sp³-hybridized carbons (Fsp3) is 0.296. The number of pyridine rings is 1. The van der Waals surface area contributed by atoms with Gasteiger partial charge in [-0.2, -0.15) is 0 Å². The lowest BCUT2D eigenvalue weighted by atomic mass is 9.82. The molecule has 30 heavy (non-hydrogen) atoms. The van der Waals surface area contributed by atoms with Gasteiger partial charge in [0.25, 0.3) is 5.82 Å². The number of aryl methyl sites for hydroxylation is 1. The van der Waals surface area contributed by atoms with E-state index in [2.05, 4.69) is 123 Å². The molecule has 0 N–H and O–H groups in total. The van der Waals surface area contributed by atoms with Gasteiger partial charge in [0.15, 0.2) is 6.17 Å². The Labute approximate surface area is 179 Å². The molecule has 0 saturated heterocycles. The fourth-order valence-corrected chi connectivity index (χ4v) is 5.23. The van der Waals surface area contributed by atoms with Crippen LogP contribution in [-0.2, 0) is 12.5 Å². The third kappa shape index (κ3) is 2.48. The number of nitrogens with zero attached hydrogens (tertiary/aromatic N) is 3. The topological polar surface area (TPSA) is 10.4 Å². The van der Waals surface area contributed by atoms with E-state index < -0.39 is 0 Å². The minimum atomic E-state index is -0.0575. The van der Waals surface area contributed by atoms with Crippen LogP contribution in [0.25, 0.3) is 22.4 Å². The first-order valence-corrected chi connectivity index (χ1v) is 10.7. The highest BCUT2D eigenvalue weighted by Crippen LogP contribution is 2.52. The summed E-state index contributed by atoms with van der Waals surface area (Å²) in [5, 5.41) is 0. The number of anilines is 1. The van der Waals surface area contributed by atoms with Crippen molar-refractivity contribution < 1.29 is 4.57 Å². The van der Waals surface area contributed by atoms with Crippen molar-refractivity contribution in [2.45, 2.75) is 39.3 Å². The van der Waals surface area contributed by atoms with Gasteiger partial charge in [-0.15, -0.1) is 0 Å².